The number of amides is 2. The molecule has 0 bridgehead atoms. The molecule has 0 aromatic heterocycles. The first-order valence-corrected chi connectivity index (χ1v) is 10.3. The van der Waals surface area contributed by atoms with E-state index in [1.807, 2.05) is 24.3 Å². The van der Waals surface area contributed by atoms with Crippen molar-refractivity contribution in [3.8, 4) is 0 Å². The number of benzene rings is 2. The van der Waals surface area contributed by atoms with Crippen molar-refractivity contribution < 1.29 is 9.59 Å². The van der Waals surface area contributed by atoms with Crippen molar-refractivity contribution >= 4 is 40.5 Å². The molecule has 0 radical (unpaired) electrons. The van der Waals surface area contributed by atoms with E-state index in [-0.39, 0.29) is 11.8 Å². The lowest BCUT2D eigenvalue weighted by Crippen LogP contribution is -2.35. The lowest BCUT2D eigenvalue weighted by Gasteiger charge is -2.26. The van der Waals surface area contributed by atoms with Crippen LogP contribution < -0.4 is 15.1 Å². The average molecular weight is 398 g/mol. The molecule has 146 valence electrons. The first kappa shape index (κ1) is 18.8. The topological polar surface area (TPSA) is 52.7 Å². The Labute approximate surface area is 170 Å². The van der Waals surface area contributed by atoms with Crippen molar-refractivity contribution in [1.29, 1.82) is 0 Å². The van der Waals surface area contributed by atoms with Crippen molar-refractivity contribution in [3.63, 3.8) is 0 Å². The van der Waals surface area contributed by atoms with Crippen LogP contribution in [0.2, 0.25) is 5.02 Å². The van der Waals surface area contributed by atoms with Gasteiger partial charge in [-0.1, -0.05) is 11.6 Å². The van der Waals surface area contributed by atoms with Gasteiger partial charge in [0.2, 0.25) is 5.91 Å². The highest BCUT2D eigenvalue weighted by Gasteiger charge is 2.21. The molecule has 2 aromatic rings. The minimum Gasteiger partial charge on any atom is -0.370 e. The number of anilines is 3. The molecule has 2 amide bonds. The minimum atomic E-state index is -0.181. The number of nitrogens with zero attached hydrogens (tertiary/aromatic N) is 2. The van der Waals surface area contributed by atoms with Crippen molar-refractivity contribution in [2.24, 2.45) is 0 Å². The smallest absolute Gasteiger partial charge is 0.255 e. The fourth-order valence-electron chi connectivity index (χ4n) is 3.91. The Bertz CT molecular complexity index is 876. The van der Waals surface area contributed by atoms with Gasteiger partial charge in [0.25, 0.3) is 5.91 Å². The highest BCUT2D eigenvalue weighted by Crippen LogP contribution is 2.32. The zero-order valence-electron chi connectivity index (χ0n) is 15.8. The van der Waals surface area contributed by atoms with Gasteiger partial charge in [0, 0.05) is 42.3 Å². The number of hydrogen-bond donors (Lipinski definition) is 1. The van der Waals surface area contributed by atoms with Crippen LogP contribution in [0, 0.1) is 0 Å². The fraction of sp³-hybridized carbons (Fsp3) is 0.364. The van der Waals surface area contributed by atoms with E-state index in [1.54, 1.807) is 23.1 Å². The van der Waals surface area contributed by atoms with E-state index in [2.05, 4.69) is 10.2 Å². The Hall–Kier alpha value is -2.53. The van der Waals surface area contributed by atoms with Crippen LogP contribution in [0.1, 0.15) is 42.5 Å². The number of piperidine rings is 1. The summed E-state index contributed by atoms with van der Waals surface area (Å²) in [6.07, 6.45) is 4.88. The third-order valence-corrected chi connectivity index (χ3v) is 5.65. The second-order valence-electron chi connectivity index (χ2n) is 7.36. The summed E-state index contributed by atoms with van der Waals surface area (Å²) in [5.41, 5.74) is 3.14. The van der Waals surface area contributed by atoms with E-state index in [4.69, 9.17) is 11.6 Å². The normalized spacial score (nSPS) is 17.1. The molecule has 6 heteroatoms. The maximum absolute atomic E-state index is 12.8. The molecule has 0 aliphatic carbocycles. The van der Waals surface area contributed by atoms with E-state index in [9.17, 15) is 9.59 Å². The van der Waals surface area contributed by atoms with Crippen molar-refractivity contribution in [2.75, 3.05) is 34.8 Å². The molecule has 2 saturated heterocycles. The van der Waals surface area contributed by atoms with Gasteiger partial charge in [0.05, 0.1) is 11.4 Å². The van der Waals surface area contributed by atoms with Crippen LogP contribution in [0.25, 0.3) is 0 Å². The van der Waals surface area contributed by atoms with Crippen LogP contribution >= 0.6 is 11.6 Å². The third-order valence-electron chi connectivity index (χ3n) is 5.42. The van der Waals surface area contributed by atoms with Gasteiger partial charge in [-0.3, -0.25) is 9.59 Å². The van der Waals surface area contributed by atoms with Crippen LogP contribution in [-0.4, -0.2) is 31.4 Å². The van der Waals surface area contributed by atoms with Gasteiger partial charge in [-0.05, 0) is 68.1 Å². The number of rotatable bonds is 4. The molecule has 2 aliphatic rings. The van der Waals surface area contributed by atoms with Gasteiger partial charge in [-0.2, -0.15) is 0 Å². The summed E-state index contributed by atoms with van der Waals surface area (Å²) >= 11 is 6.17. The summed E-state index contributed by atoms with van der Waals surface area (Å²) in [4.78, 5) is 28.9. The van der Waals surface area contributed by atoms with Gasteiger partial charge in [-0.15, -0.1) is 0 Å². The molecule has 0 unspecified atom stereocenters. The minimum absolute atomic E-state index is 0.151. The number of carbonyl (C=O) groups excluding carboxylic acids is 2. The SMILES string of the molecule is O=C(Nc1cc(Cl)ccc1N1CCCC1)c1ccc(N2CCCCC2=O)cc1. The Morgan fingerprint density at radius 1 is 0.929 bits per heavy atom. The first-order chi connectivity index (χ1) is 13.6. The zero-order valence-corrected chi connectivity index (χ0v) is 16.5. The Morgan fingerprint density at radius 2 is 1.64 bits per heavy atom. The lowest BCUT2D eigenvalue weighted by molar-refractivity contribution is -0.119. The predicted octanol–water partition coefficient (Wildman–Crippen LogP) is 4.71. The van der Waals surface area contributed by atoms with E-state index in [1.165, 1.54) is 0 Å². The Morgan fingerprint density at radius 3 is 2.36 bits per heavy atom. The summed E-state index contributed by atoms with van der Waals surface area (Å²) in [6, 6.07) is 12.9. The molecule has 1 N–H and O–H groups in total. The average Bonchev–Trinajstić information content (AvgIpc) is 3.23. The molecule has 0 atom stereocenters. The maximum atomic E-state index is 12.8. The molecule has 28 heavy (non-hydrogen) atoms. The molecule has 2 heterocycles. The van der Waals surface area contributed by atoms with Crippen molar-refractivity contribution in [3.05, 3.63) is 53.1 Å². The van der Waals surface area contributed by atoms with E-state index < -0.39 is 0 Å². The second kappa shape index (κ2) is 8.23. The third kappa shape index (κ3) is 3.99. The number of halogens is 1. The van der Waals surface area contributed by atoms with Gasteiger partial charge < -0.3 is 15.1 Å². The van der Waals surface area contributed by atoms with Gasteiger partial charge in [0.15, 0.2) is 0 Å². The van der Waals surface area contributed by atoms with Gasteiger partial charge >= 0.3 is 0 Å². The summed E-state index contributed by atoms with van der Waals surface area (Å²) in [5, 5.41) is 3.60. The number of carbonyl (C=O) groups is 2. The van der Waals surface area contributed by atoms with E-state index in [0.717, 1.165) is 62.4 Å². The Balaban J connectivity index is 1.51. The molecular weight excluding hydrogens is 374 g/mol. The quantitative estimate of drug-likeness (QED) is 0.812. The van der Waals surface area contributed by atoms with Crippen LogP contribution in [0.3, 0.4) is 0 Å². The van der Waals surface area contributed by atoms with E-state index >= 15 is 0 Å². The second-order valence-corrected chi connectivity index (χ2v) is 7.80. The lowest BCUT2D eigenvalue weighted by atomic mass is 10.1. The number of hydrogen-bond acceptors (Lipinski definition) is 3. The van der Waals surface area contributed by atoms with Gasteiger partial charge in [0.1, 0.15) is 0 Å². The molecule has 4 rings (SSSR count). The molecule has 5 nitrogen and oxygen atoms in total. The van der Waals surface area contributed by atoms with Crippen LogP contribution in [0.5, 0.6) is 0 Å². The first-order valence-electron chi connectivity index (χ1n) is 9.88. The van der Waals surface area contributed by atoms with Crippen molar-refractivity contribution in [1.82, 2.24) is 0 Å². The number of nitrogens with one attached hydrogen (secondary N) is 1. The summed E-state index contributed by atoms with van der Waals surface area (Å²) in [7, 11) is 0. The summed E-state index contributed by atoms with van der Waals surface area (Å²) < 4.78 is 0. The molecule has 0 saturated carbocycles. The maximum Gasteiger partial charge on any atom is 0.255 e. The Kier molecular flexibility index (Phi) is 5.53. The fourth-order valence-corrected chi connectivity index (χ4v) is 4.08. The molecule has 2 fully saturated rings. The standard InChI is InChI=1S/C22H24ClN3O2/c23-17-8-11-20(25-12-3-4-13-25)19(15-17)24-22(28)16-6-9-18(10-7-16)26-14-2-1-5-21(26)27/h6-11,15H,1-5,12-14H2,(H,24,28). The highest BCUT2D eigenvalue weighted by atomic mass is 35.5. The van der Waals surface area contributed by atoms with E-state index in [0.29, 0.717) is 17.0 Å². The monoisotopic (exact) mass is 397 g/mol. The molecule has 2 aliphatic heterocycles. The van der Waals surface area contributed by atoms with Crippen LogP contribution in [0.15, 0.2) is 42.5 Å². The summed E-state index contributed by atoms with van der Waals surface area (Å²) in [6.45, 7) is 2.72. The van der Waals surface area contributed by atoms with Gasteiger partial charge in [-0.25, -0.2) is 0 Å². The predicted molar refractivity (Wildman–Crippen MR) is 113 cm³/mol. The largest absolute Gasteiger partial charge is 0.370 e. The molecule has 2 aromatic carbocycles. The molecule has 0 spiro atoms. The van der Waals surface area contributed by atoms with Crippen molar-refractivity contribution in [2.45, 2.75) is 32.1 Å². The van der Waals surface area contributed by atoms with Crippen LogP contribution in [0.4, 0.5) is 17.1 Å². The highest BCUT2D eigenvalue weighted by molar-refractivity contribution is 6.31. The zero-order chi connectivity index (χ0) is 19.5. The van der Waals surface area contributed by atoms with Crippen LogP contribution in [-0.2, 0) is 4.79 Å². The summed E-state index contributed by atoms with van der Waals surface area (Å²) in [5.74, 6) is -0.0307. The molecular formula is C22H24ClN3O2.